The van der Waals surface area contributed by atoms with Gasteiger partial charge < -0.3 is 14.6 Å². The fourth-order valence-electron chi connectivity index (χ4n) is 3.10. The quantitative estimate of drug-likeness (QED) is 0.610. The summed E-state index contributed by atoms with van der Waals surface area (Å²) < 4.78 is 4.98. The Kier molecular flexibility index (Phi) is 6.76. The van der Waals surface area contributed by atoms with E-state index < -0.39 is 0 Å². The average molecular weight is 385 g/mol. The van der Waals surface area contributed by atoms with Crippen molar-refractivity contribution in [2.24, 2.45) is 5.92 Å². The first-order chi connectivity index (χ1) is 13.2. The highest BCUT2D eigenvalue weighted by Crippen LogP contribution is 2.19. The molecule has 0 unspecified atom stereocenters. The number of nitrogens with one attached hydrogen (secondary N) is 1. The second kappa shape index (κ2) is 9.46. The monoisotopic (exact) mass is 384 g/mol. The summed E-state index contributed by atoms with van der Waals surface area (Å²) in [4.78, 5) is 27.4. The van der Waals surface area contributed by atoms with Crippen LogP contribution in [0.15, 0.2) is 58.2 Å². The van der Waals surface area contributed by atoms with Crippen molar-refractivity contribution in [1.29, 1.82) is 0 Å². The van der Waals surface area contributed by atoms with E-state index in [4.69, 9.17) is 4.42 Å². The topological polar surface area (TPSA) is 62.6 Å². The predicted molar refractivity (Wildman–Crippen MR) is 108 cm³/mol. The zero-order valence-electron chi connectivity index (χ0n) is 15.4. The van der Waals surface area contributed by atoms with Crippen molar-refractivity contribution in [2.45, 2.75) is 17.7 Å². The maximum absolute atomic E-state index is 12.3. The fourth-order valence-corrected chi connectivity index (χ4v) is 3.51. The Balaban J connectivity index is 1.39. The van der Waals surface area contributed by atoms with Crippen LogP contribution in [0, 0.1) is 5.92 Å². The third kappa shape index (κ3) is 5.50. The summed E-state index contributed by atoms with van der Waals surface area (Å²) in [7, 11) is 0. The van der Waals surface area contributed by atoms with Gasteiger partial charge in [-0.05, 0) is 54.9 Å². The molecular weight excluding hydrogens is 360 g/mol. The Morgan fingerprint density at radius 3 is 2.59 bits per heavy atom. The molecule has 1 fully saturated rings. The average Bonchev–Trinajstić information content (AvgIpc) is 3.26. The van der Waals surface area contributed by atoms with E-state index in [0.29, 0.717) is 31.1 Å². The molecule has 0 saturated carbocycles. The lowest BCUT2D eigenvalue weighted by Gasteiger charge is -2.31. The van der Waals surface area contributed by atoms with E-state index in [2.05, 4.69) is 5.32 Å². The Bertz CT molecular complexity index is 776. The van der Waals surface area contributed by atoms with Gasteiger partial charge in [-0.2, -0.15) is 0 Å². The number of furan rings is 1. The van der Waals surface area contributed by atoms with Crippen LogP contribution in [0.2, 0.25) is 0 Å². The molecule has 1 aliphatic rings. The Morgan fingerprint density at radius 2 is 1.96 bits per heavy atom. The number of carbonyl (C=O) groups excluding carboxylic acids is 2. The van der Waals surface area contributed by atoms with Gasteiger partial charge in [-0.15, -0.1) is 11.8 Å². The van der Waals surface area contributed by atoms with Crippen molar-refractivity contribution in [1.82, 2.24) is 10.2 Å². The van der Waals surface area contributed by atoms with Gasteiger partial charge in [0, 0.05) is 30.6 Å². The van der Waals surface area contributed by atoms with Gasteiger partial charge in [-0.25, -0.2) is 0 Å². The van der Waals surface area contributed by atoms with E-state index in [9.17, 15) is 9.59 Å². The molecule has 5 nitrogen and oxygen atoms in total. The first-order valence-corrected chi connectivity index (χ1v) is 10.3. The zero-order valence-corrected chi connectivity index (χ0v) is 16.2. The normalized spacial score (nSPS) is 15.2. The van der Waals surface area contributed by atoms with E-state index in [1.54, 1.807) is 23.9 Å². The highest BCUT2D eigenvalue weighted by atomic mass is 32.2. The minimum atomic E-state index is -0.0825. The zero-order chi connectivity index (χ0) is 19.1. The minimum absolute atomic E-state index is 0.0154. The molecule has 0 spiro atoms. The van der Waals surface area contributed by atoms with Gasteiger partial charge in [-0.1, -0.05) is 12.1 Å². The summed E-state index contributed by atoms with van der Waals surface area (Å²) in [5, 5.41) is 2.97. The number of likely N-dealkylation sites (tertiary alicyclic amines) is 1. The van der Waals surface area contributed by atoms with Crippen molar-refractivity contribution in [3.8, 4) is 0 Å². The van der Waals surface area contributed by atoms with E-state index in [0.717, 1.165) is 18.4 Å². The number of carbonyl (C=O) groups is 2. The summed E-state index contributed by atoms with van der Waals surface area (Å²) in [5.74, 6) is 0.333. The molecule has 0 radical (unpaired) electrons. The van der Waals surface area contributed by atoms with Crippen molar-refractivity contribution < 1.29 is 14.0 Å². The highest BCUT2D eigenvalue weighted by Gasteiger charge is 2.24. The number of benzene rings is 1. The van der Waals surface area contributed by atoms with Crippen LogP contribution in [0.25, 0.3) is 6.08 Å². The second-order valence-electron chi connectivity index (χ2n) is 6.60. The van der Waals surface area contributed by atoms with Gasteiger partial charge in [0.25, 0.3) is 5.91 Å². The highest BCUT2D eigenvalue weighted by molar-refractivity contribution is 7.98. The molecule has 6 heteroatoms. The van der Waals surface area contributed by atoms with Gasteiger partial charge in [0.2, 0.25) is 5.91 Å². The number of rotatable bonds is 6. The van der Waals surface area contributed by atoms with Crippen LogP contribution in [-0.2, 0) is 4.79 Å². The maximum Gasteiger partial charge on any atom is 0.257 e. The molecular formula is C21H24N2O3S. The molecule has 0 bridgehead atoms. The van der Waals surface area contributed by atoms with Crippen molar-refractivity contribution >= 4 is 29.7 Å². The summed E-state index contributed by atoms with van der Waals surface area (Å²) in [5.41, 5.74) is 1.60. The smallest absolute Gasteiger partial charge is 0.257 e. The summed E-state index contributed by atoms with van der Waals surface area (Å²) in [6, 6.07) is 9.78. The summed E-state index contributed by atoms with van der Waals surface area (Å²) >= 11 is 1.69. The first kappa shape index (κ1) is 19.3. The number of thioether (sulfide) groups is 1. The molecule has 1 N–H and O–H groups in total. The molecule has 0 aliphatic carbocycles. The largest absolute Gasteiger partial charge is 0.472 e. The van der Waals surface area contributed by atoms with Crippen LogP contribution >= 0.6 is 11.8 Å². The minimum Gasteiger partial charge on any atom is -0.472 e. The maximum atomic E-state index is 12.3. The van der Waals surface area contributed by atoms with Crippen LogP contribution in [0.3, 0.4) is 0 Å². The number of hydrogen-bond donors (Lipinski definition) is 1. The molecule has 1 aliphatic heterocycles. The molecule has 1 aromatic heterocycles. The van der Waals surface area contributed by atoms with Crippen molar-refractivity contribution in [3.63, 3.8) is 0 Å². The number of piperidine rings is 1. The van der Waals surface area contributed by atoms with Gasteiger partial charge in [0.05, 0.1) is 11.8 Å². The summed E-state index contributed by atoms with van der Waals surface area (Å²) in [6.45, 7) is 2.06. The lowest BCUT2D eigenvalue weighted by molar-refractivity contribution is -0.116. The molecule has 142 valence electrons. The van der Waals surface area contributed by atoms with Crippen LogP contribution in [0.1, 0.15) is 28.8 Å². The molecule has 2 heterocycles. The van der Waals surface area contributed by atoms with Crippen LogP contribution < -0.4 is 5.32 Å². The number of amides is 2. The van der Waals surface area contributed by atoms with Crippen molar-refractivity contribution in [2.75, 3.05) is 25.9 Å². The Labute approximate surface area is 163 Å². The van der Waals surface area contributed by atoms with Crippen molar-refractivity contribution in [3.05, 3.63) is 60.1 Å². The summed E-state index contributed by atoms with van der Waals surface area (Å²) in [6.07, 6.45) is 10.2. The second-order valence-corrected chi connectivity index (χ2v) is 7.48. The molecule has 1 saturated heterocycles. The molecule has 1 aromatic carbocycles. The molecule has 3 rings (SSSR count). The van der Waals surface area contributed by atoms with Crippen LogP contribution in [-0.4, -0.2) is 42.6 Å². The van der Waals surface area contributed by atoms with E-state index in [1.807, 2.05) is 41.5 Å². The first-order valence-electron chi connectivity index (χ1n) is 9.07. The lowest BCUT2D eigenvalue weighted by atomic mass is 9.96. The van der Waals surface area contributed by atoms with E-state index in [1.165, 1.54) is 17.4 Å². The van der Waals surface area contributed by atoms with Gasteiger partial charge in [0.15, 0.2) is 0 Å². The van der Waals surface area contributed by atoms with Crippen LogP contribution in [0.4, 0.5) is 0 Å². The molecule has 0 atom stereocenters. The van der Waals surface area contributed by atoms with E-state index in [-0.39, 0.29) is 11.8 Å². The standard InChI is InChI=1S/C21H24N2O3S/c1-27-19-5-2-16(3-6-19)4-7-20(24)22-14-17-8-11-23(12-9-17)21(25)18-10-13-26-15-18/h2-7,10,13,15,17H,8-9,11-12,14H2,1H3,(H,22,24). The third-order valence-corrected chi connectivity index (χ3v) is 5.52. The van der Waals surface area contributed by atoms with Gasteiger partial charge in [-0.3, -0.25) is 9.59 Å². The van der Waals surface area contributed by atoms with Crippen LogP contribution in [0.5, 0.6) is 0 Å². The molecule has 2 aromatic rings. The number of nitrogens with zero attached hydrogens (tertiary/aromatic N) is 1. The Hall–Kier alpha value is -2.47. The predicted octanol–water partition coefficient (Wildman–Crippen LogP) is 3.68. The third-order valence-electron chi connectivity index (χ3n) is 4.78. The molecule has 27 heavy (non-hydrogen) atoms. The SMILES string of the molecule is CSc1ccc(C=CC(=O)NCC2CCN(C(=O)c3ccoc3)CC2)cc1. The fraction of sp³-hybridized carbons (Fsp3) is 0.333. The lowest BCUT2D eigenvalue weighted by Crippen LogP contribution is -2.41. The Morgan fingerprint density at radius 1 is 1.22 bits per heavy atom. The number of hydrogen-bond acceptors (Lipinski definition) is 4. The van der Waals surface area contributed by atoms with Gasteiger partial charge >= 0.3 is 0 Å². The van der Waals surface area contributed by atoms with Gasteiger partial charge in [0.1, 0.15) is 6.26 Å². The van der Waals surface area contributed by atoms with E-state index >= 15 is 0 Å². The molecule has 2 amide bonds.